The number of carbonyl (C=O) groups is 1. The van der Waals surface area contributed by atoms with Crippen LogP contribution in [0.4, 0.5) is 4.39 Å². The normalized spacial score (nSPS) is 15.2. The minimum Gasteiger partial charge on any atom is -0.339 e. The number of hydrogen-bond acceptors (Lipinski definition) is 5. The number of aromatic nitrogens is 3. The SMILES string of the molecule is CCCn1c(SCC(=O)N2CCN(Cc3c(F)cccc3Cl)CC2)n[nH]c1=O. The van der Waals surface area contributed by atoms with Crippen LogP contribution in [0.2, 0.25) is 5.02 Å². The van der Waals surface area contributed by atoms with Crippen molar-refractivity contribution in [2.45, 2.75) is 31.6 Å². The molecule has 0 radical (unpaired) electrons. The molecule has 1 N–H and O–H groups in total. The van der Waals surface area contributed by atoms with Crippen LogP contribution >= 0.6 is 23.4 Å². The van der Waals surface area contributed by atoms with Gasteiger partial charge in [-0.25, -0.2) is 14.3 Å². The number of halogens is 2. The first-order valence-electron chi connectivity index (χ1n) is 9.20. The molecule has 7 nitrogen and oxygen atoms in total. The summed E-state index contributed by atoms with van der Waals surface area (Å²) in [5, 5.41) is 7.37. The smallest absolute Gasteiger partial charge is 0.339 e. The lowest BCUT2D eigenvalue weighted by Crippen LogP contribution is -2.48. The van der Waals surface area contributed by atoms with Gasteiger partial charge in [0.25, 0.3) is 0 Å². The number of thioether (sulfide) groups is 1. The summed E-state index contributed by atoms with van der Waals surface area (Å²) >= 11 is 7.36. The van der Waals surface area contributed by atoms with E-state index in [1.54, 1.807) is 21.6 Å². The molecule has 1 aliphatic rings. The van der Waals surface area contributed by atoms with E-state index in [1.807, 2.05) is 6.92 Å². The number of amides is 1. The molecule has 0 spiro atoms. The van der Waals surface area contributed by atoms with Crippen molar-refractivity contribution in [2.75, 3.05) is 31.9 Å². The van der Waals surface area contributed by atoms with Gasteiger partial charge in [-0.3, -0.25) is 14.3 Å². The lowest BCUT2D eigenvalue weighted by atomic mass is 10.2. The molecule has 2 aromatic rings. The Morgan fingerprint density at radius 1 is 1.32 bits per heavy atom. The van der Waals surface area contributed by atoms with Crippen molar-refractivity contribution in [2.24, 2.45) is 0 Å². The fourth-order valence-electron chi connectivity index (χ4n) is 3.11. The number of nitrogens with zero attached hydrogens (tertiary/aromatic N) is 4. The lowest BCUT2D eigenvalue weighted by molar-refractivity contribution is -0.130. The molecular formula is C18H23ClFN5O2S. The highest BCUT2D eigenvalue weighted by atomic mass is 35.5. The van der Waals surface area contributed by atoms with Gasteiger partial charge in [-0.15, -0.1) is 5.10 Å². The van der Waals surface area contributed by atoms with E-state index in [0.29, 0.717) is 55.0 Å². The number of aromatic amines is 1. The Labute approximate surface area is 171 Å². The Balaban J connectivity index is 1.49. The molecule has 1 aromatic heterocycles. The van der Waals surface area contributed by atoms with Crippen LogP contribution in [0.15, 0.2) is 28.2 Å². The fourth-order valence-corrected chi connectivity index (χ4v) is 4.21. The Bertz CT molecular complexity index is 859. The molecule has 1 saturated heterocycles. The number of hydrogen-bond donors (Lipinski definition) is 1. The van der Waals surface area contributed by atoms with E-state index in [1.165, 1.54) is 17.8 Å². The maximum atomic E-state index is 14.0. The Morgan fingerprint density at radius 2 is 2.07 bits per heavy atom. The molecule has 152 valence electrons. The van der Waals surface area contributed by atoms with Crippen LogP contribution in [0.5, 0.6) is 0 Å². The van der Waals surface area contributed by atoms with Crippen molar-refractivity contribution < 1.29 is 9.18 Å². The first-order chi connectivity index (χ1) is 13.5. The van der Waals surface area contributed by atoms with Crippen molar-refractivity contribution >= 4 is 29.3 Å². The lowest BCUT2D eigenvalue weighted by Gasteiger charge is -2.34. The second-order valence-corrected chi connectivity index (χ2v) is 7.96. The molecule has 1 amide bonds. The van der Waals surface area contributed by atoms with E-state index in [-0.39, 0.29) is 23.2 Å². The van der Waals surface area contributed by atoms with Crippen LogP contribution in [-0.4, -0.2) is 62.4 Å². The Morgan fingerprint density at radius 3 is 2.75 bits per heavy atom. The second-order valence-electron chi connectivity index (χ2n) is 6.61. The van der Waals surface area contributed by atoms with Crippen molar-refractivity contribution in [3.8, 4) is 0 Å². The molecule has 1 aromatic carbocycles. The van der Waals surface area contributed by atoms with Gasteiger partial charge in [-0.2, -0.15) is 0 Å². The first-order valence-corrected chi connectivity index (χ1v) is 10.6. The monoisotopic (exact) mass is 427 g/mol. The quantitative estimate of drug-likeness (QED) is 0.686. The van der Waals surface area contributed by atoms with Crippen molar-refractivity contribution in [3.63, 3.8) is 0 Å². The number of carbonyl (C=O) groups excluding carboxylic acids is 1. The summed E-state index contributed by atoms with van der Waals surface area (Å²) in [6.07, 6.45) is 0.814. The van der Waals surface area contributed by atoms with Crippen LogP contribution in [0.3, 0.4) is 0 Å². The van der Waals surface area contributed by atoms with Crippen molar-refractivity contribution in [3.05, 3.63) is 45.1 Å². The summed E-state index contributed by atoms with van der Waals surface area (Å²) in [6, 6.07) is 4.68. The molecule has 1 aliphatic heterocycles. The topological polar surface area (TPSA) is 74.2 Å². The molecular weight excluding hydrogens is 405 g/mol. The average Bonchev–Trinajstić information content (AvgIpc) is 3.03. The van der Waals surface area contributed by atoms with Gasteiger partial charge in [0, 0.05) is 49.9 Å². The summed E-state index contributed by atoms with van der Waals surface area (Å²) in [5.74, 6) is -0.0701. The third-order valence-electron chi connectivity index (χ3n) is 4.66. The van der Waals surface area contributed by atoms with E-state index in [2.05, 4.69) is 15.1 Å². The van der Waals surface area contributed by atoms with E-state index >= 15 is 0 Å². The van der Waals surface area contributed by atoms with E-state index in [4.69, 9.17) is 11.6 Å². The molecule has 1 fully saturated rings. The zero-order chi connectivity index (χ0) is 20.1. The van der Waals surface area contributed by atoms with Gasteiger partial charge < -0.3 is 4.90 Å². The highest BCUT2D eigenvalue weighted by Crippen LogP contribution is 2.22. The number of rotatable bonds is 7. The molecule has 3 rings (SSSR count). The molecule has 28 heavy (non-hydrogen) atoms. The van der Waals surface area contributed by atoms with Crippen LogP contribution in [0, 0.1) is 5.82 Å². The standard InChI is InChI=1S/C18H23ClFN5O2S/c1-2-6-25-17(27)21-22-18(25)28-12-16(26)24-9-7-23(8-10-24)11-13-14(19)4-3-5-15(13)20/h3-5H,2,6-12H2,1H3,(H,21,27). The first kappa shape index (κ1) is 20.9. The van der Waals surface area contributed by atoms with E-state index < -0.39 is 0 Å². The summed E-state index contributed by atoms with van der Waals surface area (Å²) in [4.78, 5) is 28.1. The minimum atomic E-state index is -0.306. The zero-order valence-corrected chi connectivity index (χ0v) is 17.2. The van der Waals surface area contributed by atoms with Gasteiger partial charge in [0.2, 0.25) is 5.91 Å². The van der Waals surface area contributed by atoms with Gasteiger partial charge in [-0.05, 0) is 18.6 Å². The molecule has 2 heterocycles. The number of H-pyrrole nitrogens is 1. The highest BCUT2D eigenvalue weighted by Gasteiger charge is 2.23. The molecule has 10 heteroatoms. The summed E-state index contributed by atoms with van der Waals surface area (Å²) in [6.45, 7) is 5.45. The van der Waals surface area contributed by atoms with Gasteiger partial charge in [0.15, 0.2) is 5.16 Å². The average molecular weight is 428 g/mol. The molecule has 0 bridgehead atoms. The maximum absolute atomic E-state index is 14.0. The third-order valence-corrected chi connectivity index (χ3v) is 5.98. The summed E-state index contributed by atoms with van der Waals surface area (Å²) < 4.78 is 15.5. The Hall–Kier alpha value is -1.84. The van der Waals surface area contributed by atoms with Crippen LogP contribution < -0.4 is 5.69 Å². The third kappa shape index (κ3) is 4.95. The minimum absolute atomic E-state index is 0.00655. The van der Waals surface area contributed by atoms with Crippen molar-refractivity contribution in [1.29, 1.82) is 0 Å². The van der Waals surface area contributed by atoms with E-state index in [0.717, 1.165) is 6.42 Å². The Kier molecular flexibility index (Phi) is 7.14. The molecule has 0 unspecified atom stereocenters. The van der Waals surface area contributed by atoms with Gasteiger partial charge in [0.05, 0.1) is 5.75 Å². The predicted octanol–water partition coefficient (Wildman–Crippen LogP) is 2.21. The number of benzene rings is 1. The van der Waals surface area contributed by atoms with Gasteiger partial charge in [0.1, 0.15) is 5.82 Å². The number of piperazine rings is 1. The second kappa shape index (κ2) is 9.58. The molecule has 0 saturated carbocycles. The molecule has 0 atom stereocenters. The fraction of sp³-hybridized carbons (Fsp3) is 0.500. The number of nitrogens with one attached hydrogen (secondary N) is 1. The predicted molar refractivity (Wildman–Crippen MR) is 107 cm³/mol. The van der Waals surface area contributed by atoms with Gasteiger partial charge >= 0.3 is 5.69 Å². The van der Waals surface area contributed by atoms with E-state index in [9.17, 15) is 14.0 Å². The maximum Gasteiger partial charge on any atom is 0.343 e. The van der Waals surface area contributed by atoms with Crippen LogP contribution in [0.1, 0.15) is 18.9 Å². The van der Waals surface area contributed by atoms with Crippen molar-refractivity contribution in [1.82, 2.24) is 24.6 Å². The summed E-state index contributed by atoms with van der Waals surface area (Å²) in [7, 11) is 0. The van der Waals surface area contributed by atoms with Gasteiger partial charge in [-0.1, -0.05) is 36.4 Å². The van der Waals surface area contributed by atoms with Crippen LogP contribution in [0.25, 0.3) is 0 Å². The zero-order valence-electron chi connectivity index (χ0n) is 15.7. The largest absolute Gasteiger partial charge is 0.343 e. The van der Waals surface area contributed by atoms with Crippen LogP contribution in [-0.2, 0) is 17.9 Å². The summed E-state index contributed by atoms with van der Waals surface area (Å²) in [5.41, 5.74) is 0.240. The molecule has 0 aliphatic carbocycles. The highest BCUT2D eigenvalue weighted by molar-refractivity contribution is 7.99.